The molecule has 1 aliphatic rings. The highest BCUT2D eigenvalue weighted by molar-refractivity contribution is 7.80. The van der Waals surface area contributed by atoms with Gasteiger partial charge in [-0.3, -0.25) is 4.79 Å². The van der Waals surface area contributed by atoms with Crippen molar-refractivity contribution < 1.29 is 9.32 Å². The van der Waals surface area contributed by atoms with Crippen LogP contribution >= 0.6 is 35.4 Å². The van der Waals surface area contributed by atoms with Crippen LogP contribution in [0.5, 0.6) is 0 Å². The molecule has 3 rings (SSSR count). The molecule has 26 heavy (non-hydrogen) atoms. The maximum Gasteiger partial charge on any atom is 0.257 e. The van der Waals surface area contributed by atoms with Crippen molar-refractivity contribution in [1.29, 1.82) is 0 Å². The number of carbonyl (C=O) groups excluding carboxylic acids is 1. The lowest BCUT2D eigenvalue weighted by Crippen LogP contribution is -2.46. The number of hydrogen-bond donors (Lipinski definition) is 2. The molecule has 1 amide bonds. The van der Waals surface area contributed by atoms with Crippen molar-refractivity contribution in [2.24, 2.45) is 0 Å². The largest absolute Gasteiger partial charge is 0.360 e. The van der Waals surface area contributed by atoms with Crippen LogP contribution in [0, 0.1) is 6.92 Å². The molecular formula is C17H16Cl2N4O2S. The van der Waals surface area contributed by atoms with Crippen LogP contribution in [-0.4, -0.2) is 28.1 Å². The van der Waals surface area contributed by atoms with Crippen molar-refractivity contribution in [2.45, 2.75) is 19.9 Å². The second kappa shape index (κ2) is 7.26. The average molecular weight is 411 g/mol. The highest BCUT2D eigenvalue weighted by atomic mass is 35.5. The van der Waals surface area contributed by atoms with E-state index in [-0.39, 0.29) is 5.91 Å². The highest BCUT2D eigenvalue weighted by Crippen LogP contribution is 2.35. The SMILES string of the molecule is CC1=C(C(=O)Nc2cc(C)on2)[C@H](c2ccc(Cl)cc2Cl)NC(=S)N1C. The predicted molar refractivity (Wildman–Crippen MR) is 105 cm³/mol. The summed E-state index contributed by atoms with van der Waals surface area (Å²) in [4.78, 5) is 14.7. The van der Waals surface area contributed by atoms with E-state index in [2.05, 4.69) is 15.8 Å². The fourth-order valence-corrected chi connectivity index (χ4v) is 3.48. The van der Waals surface area contributed by atoms with Gasteiger partial charge in [0.15, 0.2) is 10.9 Å². The first-order valence-electron chi connectivity index (χ1n) is 7.72. The third-order valence-corrected chi connectivity index (χ3v) is 5.10. The minimum Gasteiger partial charge on any atom is -0.360 e. The molecule has 2 heterocycles. The Hall–Kier alpha value is -2.09. The monoisotopic (exact) mass is 410 g/mol. The van der Waals surface area contributed by atoms with Gasteiger partial charge in [0.25, 0.3) is 5.91 Å². The standard InChI is InChI=1S/C17H16Cl2N4O2S/c1-8-6-13(22-25-8)20-16(24)14-9(2)23(3)17(26)21-15(14)11-5-4-10(18)7-12(11)19/h4-7,15H,1-3H3,(H,21,26)(H,20,22,24)/t15-/m0/s1. The molecule has 0 spiro atoms. The fourth-order valence-electron chi connectivity index (χ4n) is 2.71. The summed E-state index contributed by atoms with van der Waals surface area (Å²) in [7, 11) is 1.79. The first-order valence-corrected chi connectivity index (χ1v) is 8.89. The Labute approximate surface area is 166 Å². The van der Waals surface area contributed by atoms with Crippen molar-refractivity contribution in [1.82, 2.24) is 15.4 Å². The lowest BCUT2D eigenvalue weighted by molar-refractivity contribution is -0.113. The summed E-state index contributed by atoms with van der Waals surface area (Å²) < 4.78 is 5.00. The summed E-state index contributed by atoms with van der Waals surface area (Å²) in [5.41, 5.74) is 1.89. The van der Waals surface area contributed by atoms with Gasteiger partial charge in [-0.1, -0.05) is 34.4 Å². The van der Waals surface area contributed by atoms with E-state index in [0.29, 0.717) is 43.6 Å². The molecule has 1 aromatic carbocycles. The number of halogens is 2. The Kier molecular flexibility index (Phi) is 5.22. The lowest BCUT2D eigenvalue weighted by atomic mass is 9.94. The zero-order valence-corrected chi connectivity index (χ0v) is 16.6. The molecule has 0 saturated carbocycles. The minimum absolute atomic E-state index is 0.325. The molecule has 2 N–H and O–H groups in total. The summed E-state index contributed by atoms with van der Waals surface area (Å²) in [6, 6.07) is 6.25. The van der Waals surface area contributed by atoms with Crippen LogP contribution in [0.1, 0.15) is 24.3 Å². The third kappa shape index (κ3) is 3.56. The van der Waals surface area contributed by atoms with E-state index in [0.717, 1.165) is 0 Å². The van der Waals surface area contributed by atoms with Gasteiger partial charge in [0.2, 0.25) is 0 Å². The number of nitrogens with zero attached hydrogens (tertiary/aromatic N) is 2. The van der Waals surface area contributed by atoms with Crippen LogP contribution < -0.4 is 10.6 Å². The number of hydrogen-bond acceptors (Lipinski definition) is 4. The van der Waals surface area contributed by atoms with Crippen LogP contribution in [0.4, 0.5) is 5.82 Å². The molecule has 0 bridgehead atoms. The third-order valence-electron chi connectivity index (χ3n) is 4.14. The Morgan fingerprint density at radius 2 is 2.08 bits per heavy atom. The van der Waals surface area contributed by atoms with Crippen molar-refractivity contribution in [3.8, 4) is 0 Å². The van der Waals surface area contributed by atoms with Gasteiger partial charge in [0, 0.05) is 28.9 Å². The molecule has 1 aromatic heterocycles. The van der Waals surface area contributed by atoms with E-state index in [4.69, 9.17) is 39.9 Å². The summed E-state index contributed by atoms with van der Waals surface area (Å²) in [6.45, 7) is 3.57. The number of nitrogens with one attached hydrogen (secondary N) is 2. The summed E-state index contributed by atoms with van der Waals surface area (Å²) >= 11 is 17.7. The Morgan fingerprint density at radius 1 is 1.35 bits per heavy atom. The zero-order chi connectivity index (χ0) is 19.0. The number of benzene rings is 1. The van der Waals surface area contributed by atoms with Crippen LogP contribution in [0.2, 0.25) is 10.0 Å². The van der Waals surface area contributed by atoms with E-state index in [1.165, 1.54) is 0 Å². The smallest absolute Gasteiger partial charge is 0.257 e. The first kappa shape index (κ1) is 18.7. The molecule has 2 aromatic rings. The Balaban J connectivity index is 2.03. The number of thiocarbonyl (C=S) groups is 1. The number of aryl methyl sites for hydroxylation is 1. The normalized spacial score (nSPS) is 17.3. The molecule has 0 radical (unpaired) electrons. The van der Waals surface area contributed by atoms with Crippen molar-refractivity contribution in [3.63, 3.8) is 0 Å². The number of anilines is 1. The molecule has 136 valence electrons. The lowest BCUT2D eigenvalue weighted by Gasteiger charge is -2.36. The van der Waals surface area contributed by atoms with Crippen molar-refractivity contribution in [2.75, 3.05) is 12.4 Å². The Morgan fingerprint density at radius 3 is 2.69 bits per heavy atom. The number of allylic oxidation sites excluding steroid dienone is 1. The van der Waals surface area contributed by atoms with Crippen LogP contribution in [0.25, 0.3) is 0 Å². The molecule has 6 nitrogen and oxygen atoms in total. The number of rotatable bonds is 3. The molecule has 9 heteroatoms. The summed E-state index contributed by atoms with van der Waals surface area (Å²) in [5, 5.41) is 11.2. The van der Waals surface area contributed by atoms with Crippen molar-refractivity contribution >= 4 is 52.3 Å². The van der Waals surface area contributed by atoms with Crippen LogP contribution in [0.3, 0.4) is 0 Å². The predicted octanol–water partition coefficient (Wildman–Crippen LogP) is 4.06. The van der Waals surface area contributed by atoms with Crippen LogP contribution in [-0.2, 0) is 4.79 Å². The zero-order valence-electron chi connectivity index (χ0n) is 14.3. The maximum absolute atomic E-state index is 13.0. The van der Waals surface area contributed by atoms with Gasteiger partial charge in [0.1, 0.15) is 5.76 Å². The number of carbonyl (C=O) groups is 1. The average Bonchev–Trinajstić information content (AvgIpc) is 2.97. The second-order valence-corrected chi connectivity index (χ2v) is 7.11. The van der Waals surface area contributed by atoms with Gasteiger partial charge < -0.3 is 20.1 Å². The fraction of sp³-hybridized carbons (Fsp3) is 0.235. The van der Waals surface area contributed by atoms with Gasteiger partial charge in [-0.2, -0.15) is 0 Å². The van der Waals surface area contributed by atoms with Gasteiger partial charge in [-0.25, -0.2) is 0 Å². The molecule has 0 aliphatic carbocycles. The quantitative estimate of drug-likeness (QED) is 0.743. The summed E-state index contributed by atoms with van der Waals surface area (Å²) in [5.74, 6) is 0.613. The van der Waals surface area contributed by atoms with E-state index in [9.17, 15) is 4.79 Å². The van der Waals surface area contributed by atoms with Gasteiger partial charge >= 0.3 is 0 Å². The van der Waals surface area contributed by atoms with Gasteiger partial charge in [0.05, 0.1) is 11.6 Å². The topological polar surface area (TPSA) is 70.4 Å². The highest BCUT2D eigenvalue weighted by Gasteiger charge is 2.33. The van der Waals surface area contributed by atoms with E-state index < -0.39 is 6.04 Å². The van der Waals surface area contributed by atoms with Crippen molar-refractivity contribution in [3.05, 3.63) is 56.9 Å². The number of aromatic nitrogens is 1. The first-order chi connectivity index (χ1) is 12.3. The molecule has 0 unspecified atom stereocenters. The second-order valence-electron chi connectivity index (χ2n) is 5.88. The molecule has 1 aliphatic heterocycles. The Bertz CT molecular complexity index is 925. The molecule has 0 fully saturated rings. The molecule has 1 atom stereocenters. The van der Waals surface area contributed by atoms with Crippen LogP contribution in [0.15, 0.2) is 40.1 Å². The molecular weight excluding hydrogens is 395 g/mol. The van der Waals surface area contributed by atoms with Gasteiger partial charge in [-0.05, 0) is 43.8 Å². The van der Waals surface area contributed by atoms with E-state index in [1.54, 1.807) is 43.1 Å². The maximum atomic E-state index is 13.0. The van der Waals surface area contributed by atoms with Gasteiger partial charge in [-0.15, -0.1) is 0 Å². The minimum atomic E-state index is -0.517. The van der Waals surface area contributed by atoms with E-state index in [1.807, 2.05) is 6.92 Å². The van der Waals surface area contributed by atoms with E-state index >= 15 is 0 Å². The summed E-state index contributed by atoms with van der Waals surface area (Å²) in [6.07, 6.45) is 0. The molecule has 0 saturated heterocycles. The number of amides is 1.